The predicted molar refractivity (Wildman–Crippen MR) is 66.2 cm³/mol. The number of carbonyl (C=O) groups excluding carboxylic acids is 1. The number of primary amides is 1. The molecule has 0 spiro atoms. The molecule has 1 amide bonds. The molecular weight excluding hydrogens is 254 g/mol. The van der Waals surface area contributed by atoms with Gasteiger partial charge in [-0.2, -0.15) is 5.26 Å². The molecule has 90 valence electrons. The number of nitrogens with two attached hydrogens (primary N) is 2. The van der Waals surface area contributed by atoms with Crippen molar-refractivity contribution in [2.75, 3.05) is 5.73 Å². The van der Waals surface area contributed by atoms with E-state index >= 15 is 0 Å². The summed E-state index contributed by atoms with van der Waals surface area (Å²) in [6.45, 7) is 0. The fraction of sp³-hybridized carbons (Fsp3) is 0. The summed E-state index contributed by atoms with van der Waals surface area (Å²) in [5, 5.41) is 9.15. The van der Waals surface area contributed by atoms with Crippen LogP contribution in [0.4, 0.5) is 5.69 Å². The first kappa shape index (κ1) is 12.0. The van der Waals surface area contributed by atoms with Crippen molar-refractivity contribution >= 4 is 23.2 Å². The highest BCUT2D eigenvalue weighted by atomic mass is 35.5. The van der Waals surface area contributed by atoms with Crippen LogP contribution in [-0.4, -0.2) is 15.5 Å². The Morgan fingerprint density at radius 3 is 2.83 bits per heavy atom. The van der Waals surface area contributed by atoms with E-state index in [1.807, 2.05) is 6.07 Å². The third-order valence-corrected chi connectivity index (χ3v) is 2.62. The Labute approximate surface area is 107 Å². The monoisotopic (exact) mass is 261 g/mol. The average Bonchev–Trinajstić information content (AvgIpc) is 2.75. The standard InChI is InChI=1S/C11H8ClN5O/c12-8-4-6(14)3-7(11(15)18)10(8)17-2-1-16-9(17)5-13/h1-4H,14H2,(H2,15,18). The van der Waals surface area contributed by atoms with Gasteiger partial charge in [0.1, 0.15) is 6.07 Å². The lowest BCUT2D eigenvalue weighted by Gasteiger charge is -2.11. The van der Waals surface area contributed by atoms with Crippen molar-refractivity contribution in [1.82, 2.24) is 9.55 Å². The molecule has 0 aliphatic rings. The quantitative estimate of drug-likeness (QED) is 0.788. The Bertz CT molecular complexity index is 671. The molecule has 18 heavy (non-hydrogen) atoms. The zero-order valence-electron chi connectivity index (χ0n) is 9.09. The number of hydrogen-bond acceptors (Lipinski definition) is 4. The second-order valence-electron chi connectivity index (χ2n) is 3.50. The highest BCUT2D eigenvalue weighted by molar-refractivity contribution is 6.33. The maximum Gasteiger partial charge on any atom is 0.250 e. The van der Waals surface area contributed by atoms with E-state index in [4.69, 9.17) is 28.3 Å². The second kappa shape index (κ2) is 4.39. The molecular formula is C11H8ClN5O. The summed E-state index contributed by atoms with van der Waals surface area (Å²) in [6, 6.07) is 4.78. The van der Waals surface area contributed by atoms with E-state index in [0.717, 1.165) is 0 Å². The van der Waals surface area contributed by atoms with Crippen molar-refractivity contribution in [2.24, 2.45) is 5.73 Å². The van der Waals surface area contributed by atoms with Gasteiger partial charge in [-0.05, 0) is 12.1 Å². The number of imidazole rings is 1. The fourth-order valence-electron chi connectivity index (χ4n) is 1.62. The van der Waals surface area contributed by atoms with Gasteiger partial charge >= 0.3 is 0 Å². The summed E-state index contributed by atoms with van der Waals surface area (Å²) in [5.41, 5.74) is 11.6. The Morgan fingerprint density at radius 1 is 1.50 bits per heavy atom. The molecule has 7 heteroatoms. The van der Waals surface area contributed by atoms with Gasteiger partial charge in [-0.3, -0.25) is 9.36 Å². The van der Waals surface area contributed by atoms with Gasteiger partial charge < -0.3 is 11.5 Å². The van der Waals surface area contributed by atoms with Gasteiger partial charge in [0, 0.05) is 18.1 Å². The van der Waals surface area contributed by atoms with Crippen LogP contribution in [0.15, 0.2) is 24.5 Å². The smallest absolute Gasteiger partial charge is 0.250 e. The molecule has 0 fully saturated rings. The summed E-state index contributed by atoms with van der Waals surface area (Å²) in [7, 11) is 0. The first-order chi connectivity index (χ1) is 8.54. The number of halogens is 1. The Balaban J connectivity index is 2.79. The lowest BCUT2D eigenvalue weighted by atomic mass is 10.1. The number of rotatable bonds is 2. The molecule has 0 unspecified atom stereocenters. The fourth-order valence-corrected chi connectivity index (χ4v) is 1.94. The maximum absolute atomic E-state index is 11.4. The Hall–Kier alpha value is -2.52. The molecule has 0 saturated carbocycles. The minimum atomic E-state index is -0.684. The molecule has 0 saturated heterocycles. The van der Waals surface area contributed by atoms with Crippen LogP contribution in [0, 0.1) is 11.3 Å². The number of hydrogen-bond donors (Lipinski definition) is 2. The molecule has 0 bridgehead atoms. The topological polar surface area (TPSA) is 111 Å². The van der Waals surface area contributed by atoms with Crippen molar-refractivity contribution in [2.45, 2.75) is 0 Å². The summed E-state index contributed by atoms with van der Waals surface area (Å²) < 4.78 is 1.39. The third kappa shape index (κ3) is 1.87. The molecule has 0 radical (unpaired) electrons. The van der Waals surface area contributed by atoms with Crippen molar-refractivity contribution in [3.8, 4) is 11.8 Å². The molecule has 2 rings (SSSR count). The summed E-state index contributed by atoms with van der Waals surface area (Å²) in [5.74, 6) is -0.582. The normalized spacial score (nSPS) is 10.0. The van der Waals surface area contributed by atoms with Gasteiger partial charge in [-0.1, -0.05) is 11.6 Å². The zero-order chi connectivity index (χ0) is 13.3. The molecule has 0 aliphatic heterocycles. The minimum Gasteiger partial charge on any atom is -0.399 e. The maximum atomic E-state index is 11.4. The Kier molecular flexibility index (Phi) is 2.92. The number of carbonyl (C=O) groups is 1. The van der Waals surface area contributed by atoms with E-state index in [2.05, 4.69) is 4.98 Å². The summed E-state index contributed by atoms with van der Waals surface area (Å²) in [4.78, 5) is 15.2. The van der Waals surface area contributed by atoms with Crippen LogP contribution in [0.3, 0.4) is 0 Å². The zero-order valence-corrected chi connectivity index (χ0v) is 9.85. The van der Waals surface area contributed by atoms with E-state index in [1.54, 1.807) is 0 Å². The number of nitrogens with zero attached hydrogens (tertiary/aromatic N) is 3. The van der Waals surface area contributed by atoms with Crippen molar-refractivity contribution in [3.05, 3.63) is 40.9 Å². The van der Waals surface area contributed by atoms with Gasteiger partial charge in [-0.15, -0.1) is 0 Å². The van der Waals surface area contributed by atoms with Gasteiger partial charge in [0.25, 0.3) is 5.91 Å². The van der Waals surface area contributed by atoms with Crippen LogP contribution in [-0.2, 0) is 0 Å². The number of benzene rings is 1. The van der Waals surface area contributed by atoms with Crippen LogP contribution >= 0.6 is 11.6 Å². The molecule has 0 aliphatic carbocycles. The summed E-state index contributed by atoms with van der Waals surface area (Å²) in [6.07, 6.45) is 2.94. The molecule has 1 aromatic carbocycles. The highest BCUT2D eigenvalue weighted by Crippen LogP contribution is 2.28. The third-order valence-electron chi connectivity index (χ3n) is 2.33. The lowest BCUT2D eigenvalue weighted by Crippen LogP contribution is -2.16. The highest BCUT2D eigenvalue weighted by Gasteiger charge is 2.17. The van der Waals surface area contributed by atoms with Crippen LogP contribution in [0.5, 0.6) is 0 Å². The van der Waals surface area contributed by atoms with Crippen LogP contribution in [0.25, 0.3) is 5.69 Å². The van der Waals surface area contributed by atoms with Crippen molar-refractivity contribution < 1.29 is 4.79 Å². The molecule has 2 aromatic rings. The van der Waals surface area contributed by atoms with E-state index in [0.29, 0.717) is 11.4 Å². The van der Waals surface area contributed by atoms with E-state index in [-0.39, 0.29) is 16.4 Å². The van der Waals surface area contributed by atoms with Crippen molar-refractivity contribution in [1.29, 1.82) is 5.26 Å². The van der Waals surface area contributed by atoms with Crippen molar-refractivity contribution in [3.63, 3.8) is 0 Å². The number of aromatic nitrogens is 2. The van der Waals surface area contributed by atoms with Gasteiger partial charge in [0.2, 0.25) is 5.82 Å². The molecule has 4 N–H and O–H groups in total. The largest absolute Gasteiger partial charge is 0.399 e. The Morgan fingerprint density at radius 2 is 2.22 bits per heavy atom. The predicted octanol–water partition coefficient (Wildman–Crippen LogP) is 1.08. The molecule has 0 atom stereocenters. The average molecular weight is 262 g/mol. The lowest BCUT2D eigenvalue weighted by molar-refractivity contribution is 0.100. The molecule has 6 nitrogen and oxygen atoms in total. The van der Waals surface area contributed by atoms with Crippen LogP contribution < -0.4 is 11.5 Å². The summed E-state index contributed by atoms with van der Waals surface area (Å²) >= 11 is 6.05. The van der Waals surface area contributed by atoms with E-state index in [9.17, 15) is 4.79 Å². The van der Waals surface area contributed by atoms with Gasteiger partial charge in [-0.25, -0.2) is 4.98 Å². The number of anilines is 1. The first-order valence-corrected chi connectivity index (χ1v) is 5.25. The van der Waals surface area contributed by atoms with Gasteiger partial charge in [0.15, 0.2) is 0 Å². The SMILES string of the molecule is N#Cc1nccn1-c1c(Cl)cc(N)cc1C(N)=O. The van der Waals surface area contributed by atoms with E-state index < -0.39 is 5.91 Å². The second-order valence-corrected chi connectivity index (χ2v) is 3.90. The number of amides is 1. The first-order valence-electron chi connectivity index (χ1n) is 4.87. The van der Waals surface area contributed by atoms with E-state index in [1.165, 1.54) is 29.1 Å². The van der Waals surface area contributed by atoms with Crippen LogP contribution in [0.1, 0.15) is 16.2 Å². The molecule has 1 aromatic heterocycles. The molecule has 1 heterocycles. The number of nitrogen functional groups attached to an aromatic ring is 1. The minimum absolute atomic E-state index is 0.101. The van der Waals surface area contributed by atoms with Crippen LogP contribution in [0.2, 0.25) is 5.02 Å². The number of nitriles is 1. The van der Waals surface area contributed by atoms with Gasteiger partial charge in [0.05, 0.1) is 16.3 Å².